The predicted molar refractivity (Wildman–Crippen MR) is 71.8 cm³/mol. The van der Waals surface area contributed by atoms with Crippen molar-refractivity contribution in [3.63, 3.8) is 0 Å². The van der Waals surface area contributed by atoms with Gasteiger partial charge in [-0.25, -0.2) is 9.79 Å². The van der Waals surface area contributed by atoms with E-state index in [2.05, 4.69) is 5.32 Å². The van der Waals surface area contributed by atoms with Gasteiger partial charge in [0, 0.05) is 6.92 Å². The summed E-state index contributed by atoms with van der Waals surface area (Å²) in [5, 5.41) is 18.2. The van der Waals surface area contributed by atoms with Gasteiger partial charge in [-0.3, -0.25) is 15.0 Å². The SMILES string of the molecule is CCC[C@@H](N)C(=O)NC(CC(=O)O)[P+](O)(O)C(C)=N. The van der Waals surface area contributed by atoms with Gasteiger partial charge in [-0.05, 0) is 6.42 Å². The van der Waals surface area contributed by atoms with Crippen LogP contribution in [-0.4, -0.2) is 44.0 Å². The van der Waals surface area contributed by atoms with Gasteiger partial charge in [-0.1, -0.05) is 13.3 Å². The first-order chi connectivity index (χ1) is 8.62. The second kappa shape index (κ2) is 7.49. The molecule has 9 heteroatoms. The Morgan fingerprint density at radius 1 is 1.42 bits per heavy atom. The van der Waals surface area contributed by atoms with Crippen LogP contribution in [0, 0.1) is 5.41 Å². The Balaban J connectivity index is 4.93. The van der Waals surface area contributed by atoms with Gasteiger partial charge in [0.1, 0.15) is 6.42 Å². The van der Waals surface area contributed by atoms with Gasteiger partial charge in [0.05, 0.1) is 6.04 Å². The smallest absolute Gasteiger partial charge is 0.337 e. The fourth-order valence-electron chi connectivity index (χ4n) is 1.38. The molecule has 0 heterocycles. The Hall–Kier alpha value is -1.08. The standard InChI is InChI=1S/C10H20N3O5P/c1-3-4-7(12)10(16)13-8(5-9(14)15)19(17,18)6(2)11/h7-8,11,17-18H,3-5,12H2,1-2H3,(H-,13,14,15,16)/p+1/t7-,8?/m1/s1. The fraction of sp³-hybridized carbons (Fsp3) is 0.700. The summed E-state index contributed by atoms with van der Waals surface area (Å²) in [7, 11) is -3.98. The van der Waals surface area contributed by atoms with Crippen molar-refractivity contribution >= 4 is 25.0 Å². The van der Waals surface area contributed by atoms with Crippen molar-refractivity contribution < 1.29 is 24.5 Å². The lowest BCUT2D eigenvalue weighted by Crippen LogP contribution is -2.47. The molecule has 8 nitrogen and oxygen atoms in total. The highest BCUT2D eigenvalue weighted by Gasteiger charge is 2.49. The van der Waals surface area contributed by atoms with Gasteiger partial charge in [0.2, 0.25) is 17.1 Å². The summed E-state index contributed by atoms with van der Waals surface area (Å²) in [5.74, 6) is -3.37. The van der Waals surface area contributed by atoms with Crippen LogP contribution in [0.5, 0.6) is 0 Å². The molecule has 7 N–H and O–H groups in total. The van der Waals surface area contributed by atoms with Gasteiger partial charge in [-0.2, -0.15) is 0 Å². The molecule has 0 aromatic rings. The maximum atomic E-state index is 11.7. The molecule has 0 aliphatic heterocycles. The number of hydrogen-bond acceptors (Lipinski definition) is 6. The normalized spacial score (nSPS) is 14.6. The Morgan fingerprint density at radius 2 is 1.95 bits per heavy atom. The van der Waals surface area contributed by atoms with E-state index in [1.54, 1.807) is 0 Å². The Morgan fingerprint density at radius 3 is 2.32 bits per heavy atom. The molecule has 0 rings (SSSR count). The molecule has 110 valence electrons. The Bertz CT molecular complexity index is 361. The summed E-state index contributed by atoms with van der Waals surface area (Å²) in [4.78, 5) is 42.0. The van der Waals surface area contributed by atoms with Gasteiger partial charge >= 0.3 is 13.7 Å². The van der Waals surface area contributed by atoms with Crippen LogP contribution < -0.4 is 11.1 Å². The van der Waals surface area contributed by atoms with E-state index in [1.807, 2.05) is 6.92 Å². The van der Waals surface area contributed by atoms with Gasteiger partial charge in [0.15, 0.2) is 0 Å². The first-order valence-corrected chi connectivity index (χ1v) is 7.57. The highest BCUT2D eigenvalue weighted by Crippen LogP contribution is 2.55. The minimum Gasteiger partial charge on any atom is -0.481 e. The van der Waals surface area contributed by atoms with Crippen LogP contribution >= 0.6 is 7.72 Å². The molecular formula is C10H21N3O5P+. The zero-order valence-electron chi connectivity index (χ0n) is 11.0. The third-order valence-electron chi connectivity index (χ3n) is 2.54. The number of carbonyl (C=O) groups is 2. The molecule has 0 aromatic heterocycles. The number of carbonyl (C=O) groups excluding carboxylic acids is 1. The molecule has 0 fully saturated rings. The molecule has 0 aliphatic rings. The zero-order chi connectivity index (χ0) is 15.2. The minimum atomic E-state index is -3.98. The molecule has 0 bridgehead atoms. The van der Waals surface area contributed by atoms with Crippen LogP contribution in [0.1, 0.15) is 33.1 Å². The lowest BCUT2D eigenvalue weighted by atomic mass is 10.1. The first kappa shape index (κ1) is 17.9. The van der Waals surface area contributed by atoms with Crippen molar-refractivity contribution in [1.29, 1.82) is 5.41 Å². The van der Waals surface area contributed by atoms with Crippen LogP contribution in [0.25, 0.3) is 0 Å². The van der Waals surface area contributed by atoms with Gasteiger partial charge in [0.25, 0.3) is 0 Å². The summed E-state index contributed by atoms with van der Waals surface area (Å²) in [6.45, 7) is 2.99. The van der Waals surface area contributed by atoms with Gasteiger partial charge < -0.3 is 16.2 Å². The van der Waals surface area contributed by atoms with E-state index in [0.717, 1.165) is 6.92 Å². The molecular weight excluding hydrogens is 273 g/mol. The fourth-order valence-corrected chi connectivity index (χ4v) is 2.57. The minimum absolute atomic E-state index is 0.400. The average molecular weight is 294 g/mol. The maximum absolute atomic E-state index is 11.7. The second-order valence-electron chi connectivity index (χ2n) is 4.25. The van der Waals surface area contributed by atoms with Crippen molar-refractivity contribution in [3.05, 3.63) is 0 Å². The molecule has 0 aliphatic carbocycles. The van der Waals surface area contributed by atoms with E-state index >= 15 is 0 Å². The third kappa shape index (κ3) is 5.61. The van der Waals surface area contributed by atoms with Crippen molar-refractivity contribution in [2.75, 3.05) is 0 Å². The lowest BCUT2D eigenvalue weighted by Gasteiger charge is -2.22. The van der Waals surface area contributed by atoms with Crippen molar-refractivity contribution in [1.82, 2.24) is 5.32 Å². The molecule has 1 amide bonds. The second-order valence-corrected chi connectivity index (χ2v) is 6.85. The van der Waals surface area contributed by atoms with Crippen LogP contribution in [0.15, 0.2) is 0 Å². The molecule has 0 saturated heterocycles. The largest absolute Gasteiger partial charge is 0.481 e. The summed E-state index contributed by atoms with van der Waals surface area (Å²) < 4.78 is 0. The average Bonchev–Trinajstić information content (AvgIpc) is 2.27. The first-order valence-electron chi connectivity index (χ1n) is 5.80. The summed E-state index contributed by atoms with van der Waals surface area (Å²) in [6.07, 6.45) is 0.388. The molecule has 1 unspecified atom stereocenters. The van der Waals surface area contributed by atoms with E-state index in [9.17, 15) is 19.4 Å². The molecule has 0 spiro atoms. The topological polar surface area (TPSA) is 157 Å². The van der Waals surface area contributed by atoms with Crippen LogP contribution in [0.3, 0.4) is 0 Å². The van der Waals surface area contributed by atoms with Crippen molar-refractivity contribution in [2.45, 2.75) is 44.9 Å². The number of aliphatic carboxylic acids is 1. The van der Waals surface area contributed by atoms with Crippen LogP contribution in [0.2, 0.25) is 0 Å². The zero-order valence-corrected chi connectivity index (χ0v) is 11.9. The van der Waals surface area contributed by atoms with Crippen molar-refractivity contribution in [2.24, 2.45) is 5.73 Å². The quantitative estimate of drug-likeness (QED) is 0.270. The van der Waals surface area contributed by atoms with Crippen molar-refractivity contribution in [3.8, 4) is 0 Å². The number of rotatable bonds is 8. The highest BCUT2D eigenvalue weighted by molar-refractivity contribution is 7.81. The summed E-state index contributed by atoms with van der Waals surface area (Å²) in [5.41, 5.74) is 5.11. The number of nitrogens with one attached hydrogen (secondary N) is 2. The number of amides is 1. The van der Waals surface area contributed by atoms with Gasteiger partial charge in [-0.15, -0.1) is 0 Å². The van der Waals surface area contributed by atoms with Crippen LogP contribution in [-0.2, 0) is 9.59 Å². The number of carboxylic acid groups (broad SMARTS) is 1. The molecule has 0 radical (unpaired) electrons. The highest BCUT2D eigenvalue weighted by atomic mass is 31.2. The predicted octanol–water partition coefficient (Wildman–Crippen LogP) is -0.140. The van der Waals surface area contributed by atoms with E-state index in [4.69, 9.17) is 16.2 Å². The Labute approximate surface area is 112 Å². The lowest BCUT2D eigenvalue weighted by molar-refractivity contribution is -0.137. The summed E-state index contributed by atoms with van der Waals surface area (Å²) >= 11 is 0. The third-order valence-corrected chi connectivity index (χ3v) is 4.71. The van der Waals surface area contributed by atoms with E-state index in [1.165, 1.54) is 0 Å². The summed E-state index contributed by atoms with van der Waals surface area (Å²) in [6, 6.07) is -0.840. The molecule has 0 aromatic carbocycles. The monoisotopic (exact) mass is 294 g/mol. The molecule has 0 saturated carbocycles. The maximum Gasteiger partial charge on any atom is 0.337 e. The molecule has 19 heavy (non-hydrogen) atoms. The van der Waals surface area contributed by atoms with E-state index < -0.39 is 43.3 Å². The number of carboxylic acids is 1. The van der Waals surface area contributed by atoms with E-state index in [-0.39, 0.29) is 0 Å². The number of hydrogen-bond donors (Lipinski definition) is 6. The molecule has 2 atom stereocenters. The number of nitrogens with two attached hydrogens (primary N) is 1. The van der Waals surface area contributed by atoms with E-state index in [0.29, 0.717) is 12.8 Å². The van der Waals surface area contributed by atoms with Crippen LogP contribution in [0.4, 0.5) is 0 Å². The Kier molecular flexibility index (Phi) is 7.07.